The number of rotatable bonds is 7. The van der Waals surface area contributed by atoms with Crippen LogP contribution in [0.4, 0.5) is 11.5 Å². The molecule has 7 nitrogen and oxygen atoms in total. The minimum atomic E-state index is -0.504. The molecule has 0 bridgehead atoms. The van der Waals surface area contributed by atoms with Crippen LogP contribution in [-0.2, 0) is 6.61 Å². The second kappa shape index (κ2) is 9.78. The lowest BCUT2D eigenvalue weighted by atomic mass is 10.2. The zero-order valence-corrected chi connectivity index (χ0v) is 18.7. The molecular formula is C19H14I2N4O3. The van der Waals surface area contributed by atoms with E-state index in [-0.39, 0.29) is 11.5 Å². The van der Waals surface area contributed by atoms with E-state index in [1.165, 1.54) is 18.3 Å². The average Bonchev–Trinajstić information content (AvgIpc) is 2.68. The third-order valence-corrected chi connectivity index (χ3v) is 5.22. The Morgan fingerprint density at radius 2 is 1.86 bits per heavy atom. The first-order chi connectivity index (χ1) is 13.5. The molecule has 0 amide bonds. The van der Waals surface area contributed by atoms with Crippen LogP contribution in [0.3, 0.4) is 0 Å². The molecule has 0 unspecified atom stereocenters. The largest absolute Gasteiger partial charge is 0.487 e. The summed E-state index contributed by atoms with van der Waals surface area (Å²) in [6.45, 7) is 0.491. The summed E-state index contributed by atoms with van der Waals surface area (Å²) in [5, 5.41) is 15.1. The Labute approximate surface area is 188 Å². The van der Waals surface area contributed by atoms with Crippen LogP contribution in [0, 0.1) is 17.3 Å². The minimum absolute atomic E-state index is 0.0935. The molecule has 1 N–H and O–H groups in total. The number of aromatic nitrogens is 1. The highest BCUT2D eigenvalue weighted by Crippen LogP contribution is 2.29. The van der Waals surface area contributed by atoms with Crippen molar-refractivity contribution in [3.05, 3.63) is 89.2 Å². The van der Waals surface area contributed by atoms with Gasteiger partial charge in [0.25, 0.3) is 0 Å². The number of hydrazone groups is 1. The first kappa shape index (κ1) is 20.5. The van der Waals surface area contributed by atoms with Crippen LogP contribution in [0.15, 0.2) is 65.9 Å². The Hall–Kier alpha value is -2.28. The average molecular weight is 600 g/mol. The standard InChI is InChI=1S/C19H14I2N4O3/c20-15-9-14(11-23-24-19-17(25(26)27)7-4-8-22-19)10-16(21)18(15)28-12-13-5-2-1-3-6-13/h1-11H,12H2,(H,22,24)/b23-11-. The second-order valence-electron chi connectivity index (χ2n) is 5.59. The van der Waals surface area contributed by atoms with Crippen LogP contribution in [0.25, 0.3) is 0 Å². The summed E-state index contributed by atoms with van der Waals surface area (Å²) in [6, 6.07) is 16.7. The summed E-state index contributed by atoms with van der Waals surface area (Å²) in [5.74, 6) is 0.909. The maximum absolute atomic E-state index is 11.0. The van der Waals surface area contributed by atoms with E-state index in [4.69, 9.17) is 4.74 Å². The van der Waals surface area contributed by atoms with Crippen molar-refractivity contribution in [1.82, 2.24) is 4.98 Å². The van der Waals surface area contributed by atoms with E-state index in [1.807, 2.05) is 42.5 Å². The van der Waals surface area contributed by atoms with Crippen molar-refractivity contribution in [1.29, 1.82) is 0 Å². The van der Waals surface area contributed by atoms with Crippen LogP contribution in [-0.4, -0.2) is 16.1 Å². The smallest absolute Gasteiger partial charge is 0.313 e. The van der Waals surface area contributed by atoms with Crippen molar-refractivity contribution in [2.45, 2.75) is 6.61 Å². The van der Waals surface area contributed by atoms with Crippen molar-refractivity contribution >= 4 is 62.9 Å². The topological polar surface area (TPSA) is 89.7 Å². The van der Waals surface area contributed by atoms with Crippen molar-refractivity contribution < 1.29 is 9.66 Å². The van der Waals surface area contributed by atoms with E-state index in [9.17, 15) is 10.1 Å². The van der Waals surface area contributed by atoms with E-state index in [0.29, 0.717) is 6.61 Å². The number of pyridine rings is 1. The summed E-state index contributed by atoms with van der Waals surface area (Å²) in [4.78, 5) is 14.4. The van der Waals surface area contributed by atoms with Crippen molar-refractivity contribution in [2.24, 2.45) is 5.10 Å². The van der Waals surface area contributed by atoms with Gasteiger partial charge < -0.3 is 4.74 Å². The molecule has 9 heteroatoms. The molecule has 0 aliphatic carbocycles. The van der Waals surface area contributed by atoms with Crippen molar-refractivity contribution in [3.8, 4) is 5.75 Å². The molecule has 28 heavy (non-hydrogen) atoms. The van der Waals surface area contributed by atoms with E-state index in [1.54, 1.807) is 6.21 Å². The van der Waals surface area contributed by atoms with Gasteiger partial charge in [0.1, 0.15) is 12.4 Å². The monoisotopic (exact) mass is 600 g/mol. The number of halogens is 2. The van der Waals surface area contributed by atoms with Gasteiger partial charge in [0.05, 0.1) is 18.3 Å². The van der Waals surface area contributed by atoms with Crippen LogP contribution in [0.1, 0.15) is 11.1 Å². The van der Waals surface area contributed by atoms with Crippen LogP contribution in [0.5, 0.6) is 5.75 Å². The molecule has 1 heterocycles. The lowest BCUT2D eigenvalue weighted by molar-refractivity contribution is -0.384. The Bertz CT molecular complexity index is 990. The van der Waals surface area contributed by atoms with Crippen LogP contribution >= 0.6 is 45.2 Å². The molecule has 142 valence electrons. The summed E-state index contributed by atoms with van der Waals surface area (Å²) in [5.41, 5.74) is 4.43. The molecule has 0 radical (unpaired) electrons. The number of nitrogens with one attached hydrogen (secondary N) is 1. The second-order valence-corrected chi connectivity index (χ2v) is 7.91. The molecule has 3 rings (SSSR count). The number of hydrogen-bond donors (Lipinski definition) is 1. The summed E-state index contributed by atoms with van der Waals surface area (Å²) >= 11 is 4.44. The van der Waals surface area contributed by atoms with Crippen LogP contribution in [0.2, 0.25) is 0 Å². The van der Waals surface area contributed by atoms with Gasteiger partial charge in [-0.3, -0.25) is 15.5 Å². The van der Waals surface area contributed by atoms with Gasteiger partial charge in [0, 0.05) is 12.3 Å². The SMILES string of the molecule is O=[N+]([O-])c1cccnc1N/N=C\c1cc(I)c(OCc2ccccc2)c(I)c1. The first-order valence-electron chi connectivity index (χ1n) is 8.09. The molecule has 2 aromatic carbocycles. The number of nitro groups is 1. The molecule has 0 aliphatic heterocycles. The summed E-state index contributed by atoms with van der Waals surface area (Å²) < 4.78 is 7.86. The molecule has 0 atom stereocenters. The Kier molecular flexibility index (Phi) is 7.14. The molecule has 1 aromatic heterocycles. The first-order valence-corrected chi connectivity index (χ1v) is 10.2. The highest BCUT2D eigenvalue weighted by atomic mass is 127. The molecular weight excluding hydrogens is 586 g/mol. The lowest BCUT2D eigenvalue weighted by Gasteiger charge is -2.11. The molecule has 0 spiro atoms. The van der Waals surface area contributed by atoms with Gasteiger partial charge in [-0.2, -0.15) is 5.10 Å². The Morgan fingerprint density at radius 1 is 1.14 bits per heavy atom. The van der Waals surface area contributed by atoms with Gasteiger partial charge in [0.2, 0.25) is 5.82 Å². The normalized spacial score (nSPS) is 10.8. The van der Waals surface area contributed by atoms with Crippen molar-refractivity contribution in [3.63, 3.8) is 0 Å². The Balaban J connectivity index is 1.70. The molecule has 0 fully saturated rings. The summed E-state index contributed by atoms with van der Waals surface area (Å²) in [7, 11) is 0. The highest BCUT2D eigenvalue weighted by Gasteiger charge is 2.13. The lowest BCUT2D eigenvalue weighted by Crippen LogP contribution is -2.01. The zero-order valence-electron chi connectivity index (χ0n) is 14.4. The van der Waals surface area contributed by atoms with Gasteiger partial charge in [-0.15, -0.1) is 0 Å². The van der Waals surface area contributed by atoms with E-state index in [2.05, 4.69) is 60.7 Å². The van der Waals surface area contributed by atoms with Crippen molar-refractivity contribution in [2.75, 3.05) is 5.43 Å². The van der Waals surface area contributed by atoms with E-state index >= 15 is 0 Å². The molecule has 0 aliphatic rings. The Morgan fingerprint density at radius 3 is 2.54 bits per heavy atom. The number of benzene rings is 2. The highest BCUT2D eigenvalue weighted by molar-refractivity contribution is 14.1. The van der Waals surface area contributed by atoms with E-state index < -0.39 is 4.92 Å². The van der Waals surface area contributed by atoms with Gasteiger partial charge in [-0.1, -0.05) is 30.3 Å². The fourth-order valence-electron chi connectivity index (χ4n) is 2.32. The minimum Gasteiger partial charge on any atom is -0.487 e. The molecule has 0 saturated heterocycles. The fourth-order valence-corrected chi connectivity index (χ4v) is 4.45. The third kappa shape index (κ3) is 5.38. The molecule has 0 saturated carbocycles. The summed E-state index contributed by atoms with van der Waals surface area (Å²) in [6.07, 6.45) is 3.05. The number of nitrogens with zero attached hydrogens (tertiary/aromatic N) is 3. The molecule has 3 aromatic rings. The number of hydrogen-bond acceptors (Lipinski definition) is 6. The predicted octanol–water partition coefficient (Wildman–Crippen LogP) is 5.22. The zero-order chi connectivity index (χ0) is 19.9. The van der Waals surface area contributed by atoms with Gasteiger partial charge in [-0.25, -0.2) is 4.98 Å². The van der Waals surface area contributed by atoms with Crippen LogP contribution < -0.4 is 10.2 Å². The third-order valence-electron chi connectivity index (χ3n) is 3.61. The fraction of sp³-hybridized carbons (Fsp3) is 0.0526. The van der Waals surface area contributed by atoms with E-state index in [0.717, 1.165) is 24.0 Å². The maximum atomic E-state index is 11.0. The maximum Gasteiger partial charge on any atom is 0.313 e. The quantitative estimate of drug-likeness (QED) is 0.174. The van der Waals surface area contributed by atoms with Gasteiger partial charge in [-0.05, 0) is 74.5 Å². The van der Waals surface area contributed by atoms with Gasteiger partial charge in [0.15, 0.2) is 0 Å². The number of ether oxygens (including phenoxy) is 1. The predicted molar refractivity (Wildman–Crippen MR) is 125 cm³/mol. The number of anilines is 1. The van der Waals surface area contributed by atoms with Gasteiger partial charge >= 0.3 is 5.69 Å².